The highest BCUT2D eigenvalue weighted by Crippen LogP contribution is 2.22. The highest BCUT2D eigenvalue weighted by atomic mass is 19.1. The van der Waals surface area contributed by atoms with E-state index in [9.17, 15) is 8.78 Å². The van der Waals surface area contributed by atoms with Crippen LogP contribution in [0.25, 0.3) is 10.9 Å². The van der Waals surface area contributed by atoms with Crippen LogP contribution >= 0.6 is 0 Å². The van der Waals surface area contributed by atoms with Crippen LogP contribution in [0.4, 0.5) is 8.78 Å². The summed E-state index contributed by atoms with van der Waals surface area (Å²) in [5.41, 5.74) is 0.990. The van der Waals surface area contributed by atoms with Crippen LogP contribution in [0.15, 0.2) is 18.3 Å². The minimum absolute atomic E-state index is 0.439. The molecule has 0 saturated heterocycles. The number of fused-ring (bicyclic) bond motifs is 1. The molecule has 0 amide bonds. The van der Waals surface area contributed by atoms with Crippen molar-refractivity contribution in [3.05, 3.63) is 35.5 Å². The van der Waals surface area contributed by atoms with Crippen LogP contribution in [0.5, 0.6) is 0 Å². The highest BCUT2D eigenvalue weighted by molar-refractivity contribution is 5.83. The average molecular weight is 167 g/mol. The molecule has 0 saturated carbocycles. The molecule has 3 heteroatoms. The molecule has 62 valence electrons. The molecule has 0 aliphatic carbocycles. The summed E-state index contributed by atoms with van der Waals surface area (Å²) in [5, 5.41) is 0.439. The molecule has 1 aromatic carbocycles. The second-order valence-corrected chi connectivity index (χ2v) is 2.73. The number of hydrogen-bond acceptors (Lipinski definition) is 0. The first kappa shape index (κ1) is 7.28. The molecule has 0 unspecified atom stereocenters. The van der Waals surface area contributed by atoms with E-state index in [1.165, 1.54) is 0 Å². The molecule has 0 aliphatic heterocycles. The van der Waals surface area contributed by atoms with Crippen LogP contribution in [0.1, 0.15) is 5.56 Å². The fourth-order valence-electron chi connectivity index (χ4n) is 1.30. The van der Waals surface area contributed by atoms with Crippen molar-refractivity contribution in [3.63, 3.8) is 0 Å². The van der Waals surface area contributed by atoms with E-state index >= 15 is 0 Å². The van der Waals surface area contributed by atoms with Gasteiger partial charge in [0.1, 0.15) is 11.6 Å². The van der Waals surface area contributed by atoms with Crippen molar-refractivity contribution in [1.82, 2.24) is 4.98 Å². The molecule has 1 heterocycles. The number of halogens is 2. The van der Waals surface area contributed by atoms with Gasteiger partial charge in [-0.2, -0.15) is 0 Å². The molecule has 0 spiro atoms. The zero-order chi connectivity index (χ0) is 8.72. The number of aryl methyl sites for hydroxylation is 1. The first-order valence-corrected chi connectivity index (χ1v) is 3.62. The standard InChI is InChI=1S/C9H7F2N/c1-5-7(10)4-8(11)6-2-3-12-9(5)6/h2-4,12H,1H3. The highest BCUT2D eigenvalue weighted by Gasteiger charge is 2.08. The Labute approximate surface area is 68.0 Å². The number of rotatable bonds is 0. The molecule has 1 nitrogen and oxygen atoms in total. The predicted octanol–water partition coefficient (Wildman–Crippen LogP) is 2.75. The van der Waals surface area contributed by atoms with Gasteiger partial charge in [-0.25, -0.2) is 8.78 Å². The molecular formula is C9H7F2N. The van der Waals surface area contributed by atoms with E-state index in [1.807, 2.05) is 0 Å². The fraction of sp³-hybridized carbons (Fsp3) is 0.111. The third-order valence-corrected chi connectivity index (χ3v) is 1.99. The van der Waals surface area contributed by atoms with Crippen molar-refractivity contribution in [2.24, 2.45) is 0 Å². The molecule has 2 rings (SSSR count). The molecule has 0 aliphatic rings. The third kappa shape index (κ3) is 0.826. The van der Waals surface area contributed by atoms with Gasteiger partial charge in [-0.05, 0) is 13.0 Å². The minimum Gasteiger partial charge on any atom is -0.361 e. The van der Waals surface area contributed by atoms with Crippen LogP contribution in [0.3, 0.4) is 0 Å². The molecule has 1 N–H and O–H groups in total. The summed E-state index contributed by atoms with van der Waals surface area (Å²) in [7, 11) is 0. The van der Waals surface area contributed by atoms with Gasteiger partial charge >= 0.3 is 0 Å². The van der Waals surface area contributed by atoms with Crippen molar-refractivity contribution in [1.29, 1.82) is 0 Å². The minimum atomic E-state index is -0.519. The van der Waals surface area contributed by atoms with E-state index in [0.29, 0.717) is 16.5 Å². The van der Waals surface area contributed by atoms with Gasteiger partial charge < -0.3 is 4.98 Å². The normalized spacial score (nSPS) is 10.9. The maximum Gasteiger partial charge on any atom is 0.135 e. The van der Waals surface area contributed by atoms with Gasteiger partial charge in [-0.1, -0.05) is 0 Å². The van der Waals surface area contributed by atoms with Crippen LogP contribution < -0.4 is 0 Å². The van der Waals surface area contributed by atoms with Crippen molar-refractivity contribution >= 4 is 10.9 Å². The van der Waals surface area contributed by atoms with Crippen molar-refractivity contribution in [3.8, 4) is 0 Å². The number of H-pyrrole nitrogens is 1. The first-order valence-electron chi connectivity index (χ1n) is 3.62. The van der Waals surface area contributed by atoms with E-state index in [0.717, 1.165) is 6.07 Å². The van der Waals surface area contributed by atoms with Gasteiger partial charge in [-0.3, -0.25) is 0 Å². The Hall–Kier alpha value is -1.38. The Morgan fingerprint density at radius 3 is 2.75 bits per heavy atom. The quantitative estimate of drug-likeness (QED) is 0.621. The summed E-state index contributed by atoms with van der Waals surface area (Å²) in [5.74, 6) is -1.03. The van der Waals surface area contributed by atoms with Crippen LogP contribution in [0, 0.1) is 18.6 Å². The molecule has 12 heavy (non-hydrogen) atoms. The Morgan fingerprint density at radius 1 is 1.25 bits per heavy atom. The molecule has 1 aromatic heterocycles. The summed E-state index contributed by atoms with van der Waals surface area (Å²) in [6, 6.07) is 2.50. The molecule has 0 atom stereocenters. The van der Waals surface area contributed by atoms with E-state index in [4.69, 9.17) is 0 Å². The van der Waals surface area contributed by atoms with Crippen LogP contribution in [0.2, 0.25) is 0 Å². The summed E-state index contributed by atoms with van der Waals surface area (Å²) in [4.78, 5) is 2.79. The lowest BCUT2D eigenvalue weighted by Crippen LogP contribution is -1.87. The largest absolute Gasteiger partial charge is 0.361 e. The van der Waals surface area contributed by atoms with E-state index in [2.05, 4.69) is 4.98 Å². The average Bonchev–Trinajstić information content (AvgIpc) is 2.48. The molecular weight excluding hydrogens is 160 g/mol. The number of nitrogens with one attached hydrogen (secondary N) is 1. The van der Waals surface area contributed by atoms with Gasteiger partial charge in [0.15, 0.2) is 0 Å². The summed E-state index contributed by atoms with van der Waals surface area (Å²) >= 11 is 0. The summed E-state index contributed by atoms with van der Waals surface area (Å²) in [6.07, 6.45) is 1.60. The Morgan fingerprint density at radius 2 is 2.00 bits per heavy atom. The smallest absolute Gasteiger partial charge is 0.135 e. The van der Waals surface area contributed by atoms with Crippen molar-refractivity contribution in [2.45, 2.75) is 6.92 Å². The van der Waals surface area contributed by atoms with E-state index in [1.54, 1.807) is 19.2 Å². The van der Waals surface area contributed by atoms with Crippen molar-refractivity contribution in [2.75, 3.05) is 0 Å². The summed E-state index contributed by atoms with van der Waals surface area (Å²) < 4.78 is 25.9. The molecule has 0 bridgehead atoms. The topological polar surface area (TPSA) is 15.8 Å². The molecule has 0 fully saturated rings. The Kier molecular flexibility index (Phi) is 1.40. The predicted molar refractivity (Wildman–Crippen MR) is 43.0 cm³/mol. The number of aromatic nitrogens is 1. The van der Waals surface area contributed by atoms with E-state index < -0.39 is 11.6 Å². The number of hydrogen-bond donors (Lipinski definition) is 1. The monoisotopic (exact) mass is 167 g/mol. The first-order chi connectivity index (χ1) is 5.70. The van der Waals surface area contributed by atoms with Crippen LogP contribution in [-0.2, 0) is 0 Å². The van der Waals surface area contributed by atoms with Gasteiger partial charge in [0, 0.05) is 23.2 Å². The van der Waals surface area contributed by atoms with Gasteiger partial charge in [-0.15, -0.1) is 0 Å². The van der Waals surface area contributed by atoms with E-state index in [-0.39, 0.29) is 0 Å². The second-order valence-electron chi connectivity index (χ2n) is 2.73. The maximum atomic E-state index is 13.0. The number of benzene rings is 1. The maximum absolute atomic E-state index is 13.0. The summed E-state index contributed by atoms with van der Waals surface area (Å²) in [6.45, 7) is 1.62. The zero-order valence-electron chi connectivity index (χ0n) is 6.49. The van der Waals surface area contributed by atoms with Gasteiger partial charge in [0.05, 0.1) is 5.52 Å². The Bertz CT molecular complexity index is 431. The lowest BCUT2D eigenvalue weighted by atomic mass is 10.1. The van der Waals surface area contributed by atoms with Crippen LogP contribution in [-0.4, -0.2) is 4.98 Å². The molecule has 2 aromatic rings. The van der Waals surface area contributed by atoms with Crippen molar-refractivity contribution < 1.29 is 8.78 Å². The zero-order valence-corrected chi connectivity index (χ0v) is 6.49. The lowest BCUT2D eigenvalue weighted by Gasteiger charge is -1.98. The number of aromatic amines is 1. The van der Waals surface area contributed by atoms with Gasteiger partial charge in [0.25, 0.3) is 0 Å². The second kappa shape index (κ2) is 2.30. The lowest BCUT2D eigenvalue weighted by molar-refractivity contribution is 0.586. The third-order valence-electron chi connectivity index (χ3n) is 1.99. The van der Waals surface area contributed by atoms with Gasteiger partial charge in [0.2, 0.25) is 0 Å². The fourth-order valence-corrected chi connectivity index (χ4v) is 1.30. The SMILES string of the molecule is Cc1c(F)cc(F)c2cc[nH]c12. The molecule has 0 radical (unpaired) electrons. The Balaban J connectivity index is 2.97.